The fraction of sp³-hybridized carbons (Fsp3) is 0. The molecule has 0 saturated heterocycles. The van der Waals surface area contributed by atoms with Crippen LogP contribution in [0.15, 0.2) is 259 Å². The second kappa shape index (κ2) is 19.6. The summed E-state index contributed by atoms with van der Waals surface area (Å²) in [6.07, 6.45) is 0. The number of halogens is 1. The van der Waals surface area contributed by atoms with Crippen molar-refractivity contribution in [1.82, 2.24) is 0 Å². The van der Waals surface area contributed by atoms with Gasteiger partial charge in [-0.3, -0.25) is 0 Å². The van der Waals surface area contributed by atoms with Crippen LogP contribution < -0.4 is 29.2 Å². The fourth-order valence-electron chi connectivity index (χ4n) is 10.6. The number of rotatable bonds is 3. The summed E-state index contributed by atoms with van der Waals surface area (Å²) < 4.78 is 26.8. The first-order chi connectivity index (χ1) is 37.1. The van der Waals surface area contributed by atoms with Gasteiger partial charge in [0, 0.05) is 37.7 Å². The Bertz CT molecular complexity index is 4170. The summed E-state index contributed by atoms with van der Waals surface area (Å²) >= 11 is 3.42. The maximum atomic E-state index is 6.74. The van der Waals surface area contributed by atoms with Crippen molar-refractivity contribution in [2.45, 2.75) is 0 Å². The lowest BCUT2D eigenvalue weighted by Gasteiger charge is -2.30. The van der Waals surface area contributed by atoms with E-state index in [4.69, 9.17) is 18.9 Å². The molecular formula is C68H45BrN2O4P-. The third kappa shape index (κ3) is 8.27. The highest BCUT2D eigenvalue weighted by Crippen LogP contribution is 2.59. The van der Waals surface area contributed by atoms with E-state index in [1.54, 1.807) is 0 Å². The zero-order chi connectivity index (χ0) is 49.8. The quantitative estimate of drug-likeness (QED) is 0.178. The van der Waals surface area contributed by atoms with Crippen LogP contribution in [0.1, 0.15) is 0 Å². The molecule has 6 nitrogen and oxygen atoms in total. The van der Waals surface area contributed by atoms with E-state index in [2.05, 4.69) is 220 Å². The van der Waals surface area contributed by atoms with Gasteiger partial charge in [0.25, 0.3) is 0 Å². The molecule has 364 valence electrons. The predicted molar refractivity (Wildman–Crippen MR) is 318 cm³/mol. The molecule has 0 unspecified atom stereocenters. The van der Waals surface area contributed by atoms with Gasteiger partial charge in [-0.1, -0.05) is 198 Å². The summed E-state index contributed by atoms with van der Waals surface area (Å²) in [6, 6.07) is 87.7. The molecule has 0 saturated carbocycles. The minimum absolute atomic E-state index is 0. The topological polar surface area (TPSA) is 52.2 Å². The molecule has 0 spiro atoms. The van der Waals surface area contributed by atoms with E-state index in [1.807, 2.05) is 60.7 Å². The number of ether oxygens (including phenoxy) is 4. The molecule has 0 amide bonds. The van der Waals surface area contributed by atoms with Gasteiger partial charge in [0.2, 0.25) is 0 Å². The molecule has 76 heavy (non-hydrogen) atoms. The predicted octanol–water partition coefficient (Wildman–Crippen LogP) is 20.8. The highest BCUT2D eigenvalue weighted by molar-refractivity contribution is 9.10. The monoisotopic (exact) mass is 1060 g/mol. The van der Waals surface area contributed by atoms with E-state index < -0.39 is 0 Å². The lowest BCUT2D eigenvalue weighted by molar-refractivity contribution is 0.364. The zero-order valence-corrected chi connectivity index (χ0v) is 43.5. The highest BCUT2D eigenvalue weighted by Gasteiger charge is 2.32. The highest BCUT2D eigenvalue weighted by atomic mass is 79.9. The van der Waals surface area contributed by atoms with Crippen LogP contribution in [0.25, 0.3) is 66.1 Å². The first-order valence-electron chi connectivity index (χ1n) is 24.9. The molecule has 0 radical (unpaired) electrons. The summed E-state index contributed by atoms with van der Waals surface area (Å²) in [6.45, 7) is 0. The molecule has 12 aromatic rings. The Morgan fingerprint density at radius 1 is 0.303 bits per heavy atom. The standard InChI is InChI=1S/C34H21NO2.C22H13NO2.C12H9Br.H2P/c1-2-8-22(9-3-1)23-16-19-25(20-17-23)35-28-13-5-4-11-26(28)27-12-6-10-24-18-21-31-34(32(24)27)37-33-29(35)14-7-15-30(33)36-31;1-2-8-16-14(6-1)15-7-3-5-13-11-12-19-22(20(13)15)25-21-17(23-16)9-4-10-18(21)24-19;13-12-8-6-11(7-9-12)10-4-2-1-3-5-10;/h1-21H;1-12,23H;1-9H;1H2/q;;;-1. The van der Waals surface area contributed by atoms with Crippen LogP contribution in [0.5, 0.6) is 46.0 Å². The third-order valence-electron chi connectivity index (χ3n) is 14.1. The van der Waals surface area contributed by atoms with E-state index in [9.17, 15) is 0 Å². The van der Waals surface area contributed by atoms with Crippen molar-refractivity contribution in [1.29, 1.82) is 0 Å². The van der Waals surface area contributed by atoms with Crippen LogP contribution in [0.3, 0.4) is 0 Å². The van der Waals surface area contributed by atoms with Crippen LogP contribution in [0.2, 0.25) is 0 Å². The first kappa shape index (κ1) is 46.6. The number of hydrogen-bond donors (Lipinski definition) is 1. The Labute approximate surface area is 452 Å². The zero-order valence-electron chi connectivity index (χ0n) is 40.8. The molecule has 4 aliphatic heterocycles. The average molecular weight is 1060 g/mol. The second-order valence-corrected chi connectivity index (χ2v) is 19.5. The fourth-order valence-corrected chi connectivity index (χ4v) is 10.8. The number of nitrogens with one attached hydrogen (secondary N) is 1. The SMILES string of the molecule is Brc1ccc(-c2ccccc2)cc1.[PH2-].c1ccc(-c2ccc(N3c4ccccc4-c4cccc5ccc6c(c45)Oc4c(cccc43)O6)cc2)cc1.c1ccc2c(c1)Nc1cccc3c1Oc1c(ccc4cccc-2c14)O3. The molecule has 8 heteroatoms. The number of hydrogen-bond acceptors (Lipinski definition) is 6. The summed E-state index contributed by atoms with van der Waals surface area (Å²) in [7, 11) is 0. The first-order valence-corrected chi connectivity index (χ1v) is 25.7. The number of nitrogens with zero attached hydrogens (tertiary/aromatic N) is 1. The van der Waals surface area contributed by atoms with Crippen LogP contribution in [-0.4, -0.2) is 0 Å². The lowest BCUT2D eigenvalue weighted by atomic mass is 9.95. The minimum Gasteiger partial charge on any atom is -0.577 e. The van der Waals surface area contributed by atoms with E-state index in [1.165, 1.54) is 22.3 Å². The van der Waals surface area contributed by atoms with Gasteiger partial charge in [-0.2, -0.15) is 0 Å². The molecule has 12 aromatic carbocycles. The van der Waals surface area contributed by atoms with Crippen molar-refractivity contribution in [3.8, 4) is 90.5 Å². The summed E-state index contributed by atoms with van der Waals surface area (Å²) in [5.74, 6) is 5.94. The Morgan fingerprint density at radius 2 is 0.750 bits per heavy atom. The van der Waals surface area contributed by atoms with Crippen molar-refractivity contribution in [2.75, 3.05) is 10.2 Å². The van der Waals surface area contributed by atoms with Gasteiger partial charge >= 0.3 is 0 Å². The van der Waals surface area contributed by atoms with Crippen LogP contribution >= 0.6 is 25.8 Å². The molecule has 4 bridgehead atoms. The maximum Gasteiger partial charge on any atom is 0.194 e. The molecule has 0 fully saturated rings. The van der Waals surface area contributed by atoms with Crippen molar-refractivity contribution < 1.29 is 18.9 Å². The maximum absolute atomic E-state index is 6.74. The lowest BCUT2D eigenvalue weighted by Crippen LogP contribution is -2.12. The van der Waals surface area contributed by atoms with Crippen LogP contribution in [0, 0.1) is 0 Å². The smallest absolute Gasteiger partial charge is 0.194 e. The van der Waals surface area contributed by atoms with Crippen molar-refractivity contribution in [3.05, 3.63) is 259 Å². The summed E-state index contributed by atoms with van der Waals surface area (Å²) in [4.78, 5) is 2.28. The number of benzene rings is 12. The molecule has 1 N–H and O–H groups in total. The Hall–Kier alpha value is -9.13. The largest absolute Gasteiger partial charge is 0.577 e. The van der Waals surface area contributed by atoms with E-state index in [0.717, 1.165) is 117 Å². The normalized spacial score (nSPS) is 12.1. The molecule has 0 aromatic heterocycles. The Balaban J connectivity index is 0.000000122. The molecular weight excluding hydrogens is 1020 g/mol. The van der Waals surface area contributed by atoms with Gasteiger partial charge in [0.15, 0.2) is 46.0 Å². The molecule has 0 atom stereocenters. The van der Waals surface area contributed by atoms with Crippen LogP contribution in [-0.2, 0) is 0 Å². The third-order valence-corrected chi connectivity index (χ3v) is 14.6. The molecule has 4 heterocycles. The van der Waals surface area contributed by atoms with E-state index in [-0.39, 0.29) is 9.90 Å². The minimum atomic E-state index is 0. The van der Waals surface area contributed by atoms with E-state index in [0.29, 0.717) is 5.75 Å². The number of fused-ring (bicyclic) bond motifs is 4. The van der Waals surface area contributed by atoms with Crippen LogP contribution in [0.4, 0.5) is 28.4 Å². The van der Waals surface area contributed by atoms with Gasteiger partial charge in [0.05, 0.1) is 17.1 Å². The van der Waals surface area contributed by atoms with Crippen molar-refractivity contribution in [2.24, 2.45) is 0 Å². The van der Waals surface area contributed by atoms with Crippen molar-refractivity contribution in [3.63, 3.8) is 0 Å². The number of anilines is 5. The van der Waals surface area contributed by atoms with E-state index >= 15 is 0 Å². The van der Waals surface area contributed by atoms with Gasteiger partial charge in [-0.05, 0) is 117 Å². The van der Waals surface area contributed by atoms with Gasteiger partial charge in [-0.25, -0.2) is 0 Å². The van der Waals surface area contributed by atoms with Crippen molar-refractivity contribution >= 4 is 75.8 Å². The Morgan fingerprint density at radius 3 is 1.39 bits per heavy atom. The second-order valence-electron chi connectivity index (χ2n) is 18.5. The molecule has 16 rings (SSSR count). The van der Waals surface area contributed by atoms with Gasteiger partial charge < -0.3 is 39.1 Å². The summed E-state index contributed by atoms with van der Waals surface area (Å²) in [5, 5.41) is 7.93. The molecule has 0 aliphatic carbocycles. The summed E-state index contributed by atoms with van der Waals surface area (Å²) in [5.41, 5.74) is 14.5. The molecule has 4 aliphatic rings. The number of para-hydroxylation sites is 4. The van der Waals surface area contributed by atoms with Gasteiger partial charge in [0.1, 0.15) is 0 Å². The average Bonchev–Trinajstić information content (AvgIpc) is 3.56. The van der Waals surface area contributed by atoms with Gasteiger partial charge in [-0.15, -0.1) is 0 Å². The Kier molecular flexibility index (Phi) is 12.0.